The van der Waals surface area contributed by atoms with Crippen LogP contribution < -0.4 is 16.4 Å². The molecule has 7 nitrogen and oxygen atoms in total. The molecule has 2 amide bonds. The molecule has 0 spiro atoms. The molecule has 1 aromatic heterocycles. The zero-order valence-corrected chi connectivity index (χ0v) is 11.2. The van der Waals surface area contributed by atoms with Crippen LogP contribution in [0.2, 0.25) is 0 Å². The molecule has 19 heavy (non-hydrogen) atoms. The standard InChI is InChI=1S/C12H19N5O2/c1-3-17-11(10(13)7(2)16-17)12(19)15-8-4-5-9(18)14-6-8/h8H,3-6,13H2,1-2H3,(H,14,18)(H,15,19). The van der Waals surface area contributed by atoms with Gasteiger partial charge in [0.05, 0.1) is 11.4 Å². The highest BCUT2D eigenvalue weighted by Gasteiger charge is 2.24. The largest absolute Gasteiger partial charge is 0.395 e. The third kappa shape index (κ3) is 2.69. The molecule has 0 aliphatic carbocycles. The van der Waals surface area contributed by atoms with Crippen LogP contribution in [0.25, 0.3) is 0 Å². The Balaban J connectivity index is 2.09. The van der Waals surface area contributed by atoms with Crippen LogP contribution in [-0.4, -0.2) is 34.2 Å². The van der Waals surface area contributed by atoms with Gasteiger partial charge in [-0.1, -0.05) is 0 Å². The summed E-state index contributed by atoms with van der Waals surface area (Å²) in [6.07, 6.45) is 1.09. The van der Waals surface area contributed by atoms with Gasteiger partial charge in [0.15, 0.2) is 0 Å². The van der Waals surface area contributed by atoms with Gasteiger partial charge in [-0.25, -0.2) is 0 Å². The molecule has 4 N–H and O–H groups in total. The first kappa shape index (κ1) is 13.4. The zero-order chi connectivity index (χ0) is 14.0. The van der Waals surface area contributed by atoms with Crippen molar-refractivity contribution in [3.05, 3.63) is 11.4 Å². The maximum Gasteiger partial charge on any atom is 0.271 e. The van der Waals surface area contributed by atoms with E-state index in [0.29, 0.717) is 43.0 Å². The van der Waals surface area contributed by atoms with E-state index in [2.05, 4.69) is 15.7 Å². The average molecular weight is 265 g/mol. The summed E-state index contributed by atoms with van der Waals surface area (Å²) in [5, 5.41) is 9.84. The molecule has 1 unspecified atom stereocenters. The molecule has 1 fully saturated rings. The Morgan fingerprint density at radius 3 is 2.95 bits per heavy atom. The highest BCUT2D eigenvalue weighted by Crippen LogP contribution is 2.16. The lowest BCUT2D eigenvalue weighted by Crippen LogP contribution is -2.48. The molecule has 2 heterocycles. The topological polar surface area (TPSA) is 102 Å². The van der Waals surface area contributed by atoms with Crippen molar-refractivity contribution in [3.63, 3.8) is 0 Å². The quantitative estimate of drug-likeness (QED) is 0.704. The van der Waals surface area contributed by atoms with Crippen molar-refractivity contribution in [1.82, 2.24) is 20.4 Å². The van der Waals surface area contributed by atoms with Crippen molar-refractivity contribution in [1.29, 1.82) is 0 Å². The number of nitrogens with zero attached hydrogens (tertiary/aromatic N) is 2. The van der Waals surface area contributed by atoms with E-state index in [1.165, 1.54) is 0 Å². The van der Waals surface area contributed by atoms with Crippen LogP contribution in [0.1, 0.15) is 35.9 Å². The van der Waals surface area contributed by atoms with Gasteiger partial charge in [0.2, 0.25) is 5.91 Å². The van der Waals surface area contributed by atoms with Crippen molar-refractivity contribution < 1.29 is 9.59 Å². The molecule has 0 bridgehead atoms. The number of carbonyl (C=O) groups is 2. The second-order valence-electron chi connectivity index (χ2n) is 4.68. The Morgan fingerprint density at radius 1 is 1.63 bits per heavy atom. The smallest absolute Gasteiger partial charge is 0.271 e. The van der Waals surface area contributed by atoms with Crippen LogP contribution in [-0.2, 0) is 11.3 Å². The normalized spacial score (nSPS) is 19.1. The van der Waals surface area contributed by atoms with E-state index in [9.17, 15) is 9.59 Å². The highest BCUT2D eigenvalue weighted by atomic mass is 16.2. The van der Waals surface area contributed by atoms with Gasteiger partial charge in [0, 0.05) is 25.6 Å². The molecular formula is C12H19N5O2. The fraction of sp³-hybridized carbons (Fsp3) is 0.583. The minimum atomic E-state index is -0.235. The van der Waals surface area contributed by atoms with Crippen LogP contribution in [0.5, 0.6) is 0 Å². The number of rotatable bonds is 3. The third-order valence-electron chi connectivity index (χ3n) is 3.29. The van der Waals surface area contributed by atoms with Gasteiger partial charge in [-0.3, -0.25) is 14.3 Å². The van der Waals surface area contributed by atoms with Gasteiger partial charge in [-0.15, -0.1) is 0 Å². The lowest BCUT2D eigenvalue weighted by atomic mass is 10.1. The molecule has 0 radical (unpaired) electrons. The van der Waals surface area contributed by atoms with E-state index in [4.69, 9.17) is 5.73 Å². The predicted octanol–water partition coefficient (Wildman–Crippen LogP) is -0.198. The van der Waals surface area contributed by atoms with Crippen LogP contribution in [0, 0.1) is 6.92 Å². The lowest BCUT2D eigenvalue weighted by Gasteiger charge is -2.23. The Hall–Kier alpha value is -2.05. The summed E-state index contributed by atoms with van der Waals surface area (Å²) in [4.78, 5) is 23.3. The van der Waals surface area contributed by atoms with Crippen LogP contribution in [0.15, 0.2) is 0 Å². The van der Waals surface area contributed by atoms with Gasteiger partial charge in [0.1, 0.15) is 5.69 Å². The van der Waals surface area contributed by atoms with Gasteiger partial charge in [-0.05, 0) is 20.3 Å². The molecule has 0 saturated carbocycles. The summed E-state index contributed by atoms with van der Waals surface area (Å²) < 4.78 is 1.60. The molecular weight excluding hydrogens is 246 g/mol. The van der Waals surface area contributed by atoms with Crippen molar-refractivity contribution in [2.24, 2.45) is 0 Å². The summed E-state index contributed by atoms with van der Waals surface area (Å²) in [5.41, 5.74) is 7.37. The molecule has 104 valence electrons. The number of hydrogen-bond donors (Lipinski definition) is 3. The maximum atomic E-state index is 12.2. The van der Waals surface area contributed by atoms with E-state index in [1.807, 2.05) is 6.92 Å². The minimum absolute atomic E-state index is 0.0273. The third-order valence-corrected chi connectivity index (χ3v) is 3.29. The van der Waals surface area contributed by atoms with Gasteiger partial charge in [0.25, 0.3) is 5.91 Å². The van der Waals surface area contributed by atoms with Crippen molar-refractivity contribution in [2.75, 3.05) is 12.3 Å². The second-order valence-corrected chi connectivity index (χ2v) is 4.68. The monoisotopic (exact) mass is 265 g/mol. The second kappa shape index (κ2) is 5.29. The molecule has 1 aliphatic rings. The first-order valence-electron chi connectivity index (χ1n) is 6.43. The Morgan fingerprint density at radius 2 is 2.37 bits per heavy atom. The van der Waals surface area contributed by atoms with Gasteiger partial charge in [-0.2, -0.15) is 5.10 Å². The number of carbonyl (C=O) groups excluding carboxylic acids is 2. The summed E-state index contributed by atoms with van der Waals surface area (Å²) in [7, 11) is 0. The van der Waals surface area contributed by atoms with E-state index in [0.717, 1.165) is 0 Å². The molecule has 1 aromatic rings. The molecule has 1 saturated heterocycles. The number of piperidine rings is 1. The number of hydrogen-bond acceptors (Lipinski definition) is 4. The summed E-state index contributed by atoms with van der Waals surface area (Å²) >= 11 is 0. The summed E-state index contributed by atoms with van der Waals surface area (Å²) in [6, 6.07) is -0.0508. The molecule has 0 aromatic carbocycles. The SMILES string of the molecule is CCn1nc(C)c(N)c1C(=O)NC1CCC(=O)NC1. The van der Waals surface area contributed by atoms with Crippen molar-refractivity contribution in [3.8, 4) is 0 Å². The van der Waals surface area contributed by atoms with Crippen molar-refractivity contribution in [2.45, 2.75) is 39.3 Å². The minimum Gasteiger partial charge on any atom is -0.395 e. The lowest BCUT2D eigenvalue weighted by molar-refractivity contribution is -0.122. The summed E-state index contributed by atoms with van der Waals surface area (Å²) in [6.45, 7) is 4.73. The molecule has 7 heteroatoms. The Kier molecular flexibility index (Phi) is 3.73. The fourth-order valence-electron chi connectivity index (χ4n) is 2.17. The van der Waals surface area contributed by atoms with E-state index < -0.39 is 0 Å². The number of aryl methyl sites for hydroxylation is 2. The maximum absolute atomic E-state index is 12.2. The summed E-state index contributed by atoms with van der Waals surface area (Å²) in [5.74, 6) is -0.208. The highest BCUT2D eigenvalue weighted by molar-refractivity contribution is 5.98. The first-order valence-corrected chi connectivity index (χ1v) is 6.43. The van der Waals surface area contributed by atoms with Gasteiger partial charge < -0.3 is 16.4 Å². The van der Waals surface area contributed by atoms with E-state index in [-0.39, 0.29) is 17.9 Å². The number of aromatic nitrogens is 2. The average Bonchev–Trinajstić information content (AvgIpc) is 2.68. The van der Waals surface area contributed by atoms with Gasteiger partial charge >= 0.3 is 0 Å². The Bertz CT molecular complexity index is 498. The fourth-order valence-corrected chi connectivity index (χ4v) is 2.17. The number of amides is 2. The molecule has 2 rings (SSSR count). The number of nitrogens with one attached hydrogen (secondary N) is 2. The molecule has 1 atom stereocenters. The number of nitrogens with two attached hydrogens (primary N) is 1. The van der Waals surface area contributed by atoms with Crippen LogP contribution in [0.4, 0.5) is 5.69 Å². The van der Waals surface area contributed by atoms with Crippen LogP contribution >= 0.6 is 0 Å². The van der Waals surface area contributed by atoms with E-state index >= 15 is 0 Å². The zero-order valence-electron chi connectivity index (χ0n) is 11.2. The number of nitrogen functional groups attached to an aromatic ring is 1. The van der Waals surface area contributed by atoms with Crippen molar-refractivity contribution >= 4 is 17.5 Å². The predicted molar refractivity (Wildman–Crippen MR) is 70.5 cm³/mol. The van der Waals surface area contributed by atoms with E-state index in [1.54, 1.807) is 11.6 Å². The van der Waals surface area contributed by atoms with Crippen LogP contribution in [0.3, 0.4) is 0 Å². The molecule has 1 aliphatic heterocycles. The number of anilines is 1. The first-order chi connectivity index (χ1) is 9.02. The Labute approximate surface area is 111 Å².